The molecule has 0 aliphatic carbocycles. The molecule has 21 heavy (non-hydrogen) atoms. The van der Waals surface area contributed by atoms with Crippen molar-refractivity contribution < 1.29 is 9.84 Å². The number of aliphatic hydroxyl groups is 1. The summed E-state index contributed by atoms with van der Waals surface area (Å²) in [4.78, 5) is 0. The van der Waals surface area contributed by atoms with E-state index < -0.39 is 11.5 Å². The number of hydrogen-bond donors (Lipinski definition) is 1. The highest BCUT2D eigenvalue weighted by Gasteiger charge is 2.33. The average molecular weight is 284 g/mol. The second-order valence-electron chi connectivity index (χ2n) is 6.12. The SMILES string of the molecule is COc1c(C(O)C(C)(C)c2ccccc2)ccc(C)c1C. The molecule has 2 heteroatoms. The molecule has 2 aromatic rings. The number of rotatable bonds is 4. The highest BCUT2D eigenvalue weighted by molar-refractivity contribution is 5.48. The maximum absolute atomic E-state index is 10.9. The minimum atomic E-state index is -0.630. The van der Waals surface area contributed by atoms with E-state index in [4.69, 9.17) is 4.74 Å². The molecule has 0 amide bonds. The summed E-state index contributed by atoms with van der Waals surface area (Å²) >= 11 is 0. The van der Waals surface area contributed by atoms with Crippen molar-refractivity contribution in [2.75, 3.05) is 7.11 Å². The maximum atomic E-state index is 10.9. The molecule has 112 valence electrons. The topological polar surface area (TPSA) is 29.5 Å². The summed E-state index contributed by atoms with van der Waals surface area (Å²) in [5, 5.41) is 10.9. The molecule has 0 aliphatic rings. The Morgan fingerprint density at radius 2 is 1.62 bits per heavy atom. The molecule has 0 fully saturated rings. The third kappa shape index (κ3) is 2.81. The van der Waals surface area contributed by atoms with Crippen LogP contribution in [-0.4, -0.2) is 12.2 Å². The van der Waals surface area contributed by atoms with E-state index >= 15 is 0 Å². The van der Waals surface area contributed by atoms with E-state index in [9.17, 15) is 5.11 Å². The Bertz CT molecular complexity index is 615. The van der Waals surface area contributed by atoms with Crippen LogP contribution in [0.25, 0.3) is 0 Å². The Balaban J connectivity index is 2.49. The molecule has 0 aromatic heterocycles. The number of benzene rings is 2. The van der Waals surface area contributed by atoms with Gasteiger partial charge in [0, 0.05) is 11.0 Å². The molecular weight excluding hydrogens is 260 g/mol. The van der Waals surface area contributed by atoms with Crippen molar-refractivity contribution in [2.45, 2.75) is 39.2 Å². The third-order valence-electron chi connectivity index (χ3n) is 4.41. The van der Waals surface area contributed by atoms with Crippen LogP contribution in [0.5, 0.6) is 5.75 Å². The van der Waals surface area contributed by atoms with Gasteiger partial charge in [-0.25, -0.2) is 0 Å². The minimum Gasteiger partial charge on any atom is -0.496 e. The second kappa shape index (κ2) is 5.90. The highest BCUT2D eigenvalue weighted by atomic mass is 16.5. The normalized spacial score (nSPS) is 13.0. The Labute approximate surface area is 127 Å². The van der Waals surface area contributed by atoms with Gasteiger partial charge in [-0.1, -0.05) is 56.3 Å². The fourth-order valence-corrected chi connectivity index (χ4v) is 2.71. The van der Waals surface area contributed by atoms with Crippen LogP contribution in [0.2, 0.25) is 0 Å². The largest absolute Gasteiger partial charge is 0.496 e. The van der Waals surface area contributed by atoms with Gasteiger partial charge in [-0.05, 0) is 30.5 Å². The molecule has 0 saturated heterocycles. The van der Waals surface area contributed by atoms with Crippen LogP contribution in [0.4, 0.5) is 0 Å². The Kier molecular flexibility index (Phi) is 4.38. The zero-order chi connectivity index (χ0) is 15.6. The van der Waals surface area contributed by atoms with E-state index in [2.05, 4.69) is 32.9 Å². The van der Waals surface area contributed by atoms with Gasteiger partial charge < -0.3 is 9.84 Å². The van der Waals surface area contributed by atoms with Crippen molar-refractivity contribution in [3.8, 4) is 5.75 Å². The average Bonchev–Trinajstić information content (AvgIpc) is 2.50. The van der Waals surface area contributed by atoms with E-state index in [0.29, 0.717) is 0 Å². The summed E-state index contributed by atoms with van der Waals surface area (Å²) in [6, 6.07) is 14.1. The van der Waals surface area contributed by atoms with E-state index in [1.54, 1.807) is 7.11 Å². The van der Waals surface area contributed by atoms with Crippen LogP contribution >= 0.6 is 0 Å². The van der Waals surface area contributed by atoms with Crippen molar-refractivity contribution >= 4 is 0 Å². The van der Waals surface area contributed by atoms with Crippen molar-refractivity contribution in [1.29, 1.82) is 0 Å². The van der Waals surface area contributed by atoms with Gasteiger partial charge in [-0.15, -0.1) is 0 Å². The van der Waals surface area contributed by atoms with Crippen LogP contribution < -0.4 is 4.74 Å². The zero-order valence-electron chi connectivity index (χ0n) is 13.5. The Morgan fingerprint density at radius 1 is 1.00 bits per heavy atom. The fourth-order valence-electron chi connectivity index (χ4n) is 2.71. The summed E-state index contributed by atoms with van der Waals surface area (Å²) in [7, 11) is 1.66. The lowest BCUT2D eigenvalue weighted by atomic mass is 9.76. The molecule has 1 N–H and O–H groups in total. The smallest absolute Gasteiger partial charge is 0.127 e. The lowest BCUT2D eigenvalue weighted by Gasteiger charge is -2.32. The number of aliphatic hydroxyl groups excluding tert-OH is 1. The molecule has 0 bridgehead atoms. The molecule has 2 aromatic carbocycles. The van der Waals surface area contributed by atoms with Crippen molar-refractivity contribution in [2.24, 2.45) is 0 Å². The molecule has 0 heterocycles. The number of aryl methyl sites for hydroxylation is 1. The summed E-state index contributed by atoms with van der Waals surface area (Å²) in [6.07, 6.45) is -0.630. The summed E-state index contributed by atoms with van der Waals surface area (Å²) in [5.41, 5.74) is 3.81. The van der Waals surface area contributed by atoms with Gasteiger partial charge in [0.25, 0.3) is 0 Å². The van der Waals surface area contributed by atoms with Gasteiger partial charge in [0.1, 0.15) is 5.75 Å². The predicted octanol–water partition coefficient (Wildman–Crippen LogP) is 4.32. The highest BCUT2D eigenvalue weighted by Crippen LogP contribution is 2.41. The van der Waals surface area contributed by atoms with Gasteiger partial charge in [0.2, 0.25) is 0 Å². The predicted molar refractivity (Wildman–Crippen MR) is 86.9 cm³/mol. The first-order valence-corrected chi connectivity index (χ1v) is 7.27. The lowest BCUT2D eigenvalue weighted by Crippen LogP contribution is -2.27. The van der Waals surface area contributed by atoms with E-state index in [0.717, 1.165) is 22.4 Å². The van der Waals surface area contributed by atoms with Crippen LogP contribution in [0.3, 0.4) is 0 Å². The first-order chi connectivity index (χ1) is 9.89. The van der Waals surface area contributed by atoms with Crippen molar-refractivity contribution in [3.63, 3.8) is 0 Å². The number of ether oxygens (including phenoxy) is 1. The number of hydrogen-bond acceptors (Lipinski definition) is 2. The fraction of sp³-hybridized carbons (Fsp3) is 0.368. The summed E-state index contributed by atoms with van der Waals surface area (Å²) in [6.45, 7) is 8.19. The molecule has 0 radical (unpaired) electrons. The van der Waals surface area contributed by atoms with Gasteiger partial charge >= 0.3 is 0 Å². The monoisotopic (exact) mass is 284 g/mol. The molecule has 1 atom stereocenters. The van der Waals surface area contributed by atoms with E-state index in [1.807, 2.05) is 37.3 Å². The molecule has 2 nitrogen and oxygen atoms in total. The Morgan fingerprint density at radius 3 is 2.19 bits per heavy atom. The zero-order valence-corrected chi connectivity index (χ0v) is 13.5. The van der Waals surface area contributed by atoms with Gasteiger partial charge in [-0.2, -0.15) is 0 Å². The van der Waals surface area contributed by atoms with E-state index in [1.165, 1.54) is 5.56 Å². The molecule has 0 spiro atoms. The lowest BCUT2D eigenvalue weighted by molar-refractivity contribution is 0.0973. The quantitative estimate of drug-likeness (QED) is 0.906. The molecule has 0 saturated carbocycles. The Hall–Kier alpha value is -1.80. The molecular formula is C19H24O2. The van der Waals surface area contributed by atoms with Crippen LogP contribution in [0.1, 0.15) is 42.2 Å². The molecule has 1 unspecified atom stereocenters. The van der Waals surface area contributed by atoms with Crippen molar-refractivity contribution in [3.05, 3.63) is 64.7 Å². The summed E-state index contributed by atoms with van der Waals surface area (Å²) in [5.74, 6) is 0.784. The first kappa shape index (κ1) is 15.6. The third-order valence-corrected chi connectivity index (χ3v) is 4.41. The standard InChI is InChI=1S/C19H24O2/c1-13-11-12-16(17(21-5)14(13)2)18(20)19(3,4)15-9-7-6-8-10-15/h6-12,18,20H,1-5H3. The van der Waals surface area contributed by atoms with Gasteiger partial charge in [0.05, 0.1) is 13.2 Å². The molecule has 2 rings (SSSR count). The number of methoxy groups -OCH3 is 1. The summed E-state index contributed by atoms with van der Waals surface area (Å²) < 4.78 is 5.55. The second-order valence-corrected chi connectivity index (χ2v) is 6.12. The maximum Gasteiger partial charge on any atom is 0.127 e. The van der Waals surface area contributed by atoms with Crippen molar-refractivity contribution in [1.82, 2.24) is 0 Å². The van der Waals surface area contributed by atoms with Gasteiger partial charge in [0.15, 0.2) is 0 Å². The molecule has 0 aliphatic heterocycles. The minimum absolute atomic E-state index is 0.393. The van der Waals surface area contributed by atoms with Crippen LogP contribution in [-0.2, 0) is 5.41 Å². The van der Waals surface area contributed by atoms with Gasteiger partial charge in [-0.3, -0.25) is 0 Å². The van der Waals surface area contributed by atoms with Crippen LogP contribution in [0.15, 0.2) is 42.5 Å². The first-order valence-electron chi connectivity index (χ1n) is 7.27. The van der Waals surface area contributed by atoms with Crippen LogP contribution in [0, 0.1) is 13.8 Å². The van der Waals surface area contributed by atoms with E-state index in [-0.39, 0.29) is 0 Å².